The SMILES string of the molecule is CCCCC1(C2C=Cc3cccc4cccc2c34)C=CC=CC1.Nc1ccccc1N. The molecule has 31 heavy (non-hydrogen) atoms. The van der Waals surface area contributed by atoms with E-state index in [1.807, 2.05) is 12.1 Å². The molecule has 2 aliphatic rings. The van der Waals surface area contributed by atoms with Crippen LogP contribution in [0, 0.1) is 5.41 Å². The summed E-state index contributed by atoms with van der Waals surface area (Å²) in [6.45, 7) is 2.29. The van der Waals surface area contributed by atoms with Gasteiger partial charge < -0.3 is 11.5 Å². The molecular formula is C29H32N2. The van der Waals surface area contributed by atoms with Crippen molar-refractivity contribution in [2.24, 2.45) is 5.41 Å². The molecule has 2 aliphatic carbocycles. The van der Waals surface area contributed by atoms with Gasteiger partial charge in [0.05, 0.1) is 11.4 Å². The average molecular weight is 409 g/mol. The number of rotatable bonds is 4. The Bertz CT molecular complexity index is 1110. The van der Waals surface area contributed by atoms with Crippen LogP contribution in [-0.4, -0.2) is 0 Å². The molecule has 3 aromatic carbocycles. The van der Waals surface area contributed by atoms with Crippen molar-refractivity contribution in [1.82, 2.24) is 0 Å². The first-order valence-electron chi connectivity index (χ1n) is 11.3. The van der Waals surface area contributed by atoms with Crippen molar-refractivity contribution in [3.05, 3.63) is 102 Å². The highest BCUT2D eigenvalue weighted by molar-refractivity contribution is 5.95. The van der Waals surface area contributed by atoms with Gasteiger partial charge in [0.25, 0.3) is 0 Å². The van der Waals surface area contributed by atoms with Gasteiger partial charge in [-0.05, 0) is 46.9 Å². The zero-order chi connectivity index (χ0) is 21.7. The predicted octanol–water partition coefficient (Wildman–Crippen LogP) is 7.49. The summed E-state index contributed by atoms with van der Waals surface area (Å²) in [7, 11) is 0. The van der Waals surface area contributed by atoms with Gasteiger partial charge in [-0.3, -0.25) is 0 Å². The standard InChI is InChI=1S/C23H24.C6H8N2/c1-2-3-15-23(16-5-4-6-17-23)21-14-13-19-10-7-9-18-11-8-12-20(21)22(18)19;7-5-3-1-2-4-6(5)8/h4-14,16,21H,2-3,15,17H2,1H3;1-4H,7-8H2. The molecule has 5 rings (SSSR count). The zero-order valence-corrected chi connectivity index (χ0v) is 18.3. The second-order valence-electron chi connectivity index (χ2n) is 8.59. The molecule has 0 aliphatic heterocycles. The van der Waals surface area contributed by atoms with Crippen LogP contribution in [-0.2, 0) is 0 Å². The van der Waals surface area contributed by atoms with Gasteiger partial charge in [0.2, 0.25) is 0 Å². The number of hydrogen-bond donors (Lipinski definition) is 2. The van der Waals surface area contributed by atoms with Crippen LogP contribution in [0.2, 0.25) is 0 Å². The van der Waals surface area contributed by atoms with E-state index in [0.29, 0.717) is 17.3 Å². The first-order valence-corrected chi connectivity index (χ1v) is 11.3. The van der Waals surface area contributed by atoms with Gasteiger partial charge in [-0.2, -0.15) is 0 Å². The Balaban J connectivity index is 0.000000245. The quantitative estimate of drug-likeness (QED) is 0.439. The predicted molar refractivity (Wildman–Crippen MR) is 136 cm³/mol. The van der Waals surface area contributed by atoms with Crippen LogP contribution < -0.4 is 11.5 Å². The Kier molecular flexibility index (Phi) is 6.27. The van der Waals surface area contributed by atoms with Gasteiger partial charge in [-0.1, -0.05) is 105 Å². The maximum atomic E-state index is 5.39. The van der Waals surface area contributed by atoms with Gasteiger partial charge in [0, 0.05) is 11.3 Å². The first kappa shape index (κ1) is 21.0. The van der Waals surface area contributed by atoms with Crippen LogP contribution in [0.5, 0.6) is 0 Å². The molecule has 0 aromatic heterocycles. The lowest BCUT2D eigenvalue weighted by Crippen LogP contribution is -2.27. The summed E-state index contributed by atoms with van der Waals surface area (Å²) in [5.41, 5.74) is 15.2. The molecular weight excluding hydrogens is 376 g/mol. The molecule has 0 heterocycles. The van der Waals surface area contributed by atoms with E-state index in [1.165, 1.54) is 41.2 Å². The third kappa shape index (κ3) is 4.29. The smallest absolute Gasteiger partial charge is 0.0547 e. The van der Waals surface area contributed by atoms with E-state index in [-0.39, 0.29) is 5.41 Å². The highest BCUT2D eigenvalue weighted by Crippen LogP contribution is 2.50. The number of para-hydroxylation sites is 2. The fourth-order valence-corrected chi connectivity index (χ4v) is 4.87. The molecule has 0 fully saturated rings. The number of hydrogen-bond acceptors (Lipinski definition) is 2. The van der Waals surface area contributed by atoms with E-state index in [9.17, 15) is 0 Å². The maximum Gasteiger partial charge on any atom is 0.0547 e. The Labute approximate surface area is 186 Å². The monoisotopic (exact) mass is 408 g/mol. The maximum absolute atomic E-state index is 5.39. The van der Waals surface area contributed by atoms with Crippen LogP contribution in [0.25, 0.3) is 16.8 Å². The Morgan fingerprint density at radius 2 is 1.65 bits per heavy atom. The second-order valence-corrected chi connectivity index (χ2v) is 8.59. The lowest BCUT2D eigenvalue weighted by molar-refractivity contribution is 0.305. The summed E-state index contributed by atoms with van der Waals surface area (Å²) in [4.78, 5) is 0. The van der Waals surface area contributed by atoms with Crippen molar-refractivity contribution in [1.29, 1.82) is 0 Å². The van der Waals surface area contributed by atoms with E-state index in [2.05, 4.69) is 79.8 Å². The number of nitrogen functional groups attached to an aromatic ring is 2. The fourth-order valence-electron chi connectivity index (χ4n) is 4.87. The van der Waals surface area contributed by atoms with Gasteiger partial charge >= 0.3 is 0 Å². The zero-order valence-electron chi connectivity index (χ0n) is 18.3. The van der Waals surface area contributed by atoms with Crippen molar-refractivity contribution in [2.75, 3.05) is 11.5 Å². The van der Waals surface area contributed by atoms with Gasteiger partial charge in [0.1, 0.15) is 0 Å². The Morgan fingerprint density at radius 3 is 2.29 bits per heavy atom. The molecule has 2 heteroatoms. The molecule has 0 saturated carbocycles. The molecule has 2 unspecified atom stereocenters. The molecule has 0 amide bonds. The Hall–Kier alpha value is -3.26. The van der Waals surface area contributed by atoms with Crippen LogP contribution >= 0.6 is 0 Å². The number of benzene rings is 3. The molecule has 2 nitrogen and oxygen atoms in total. The minimum Gasteiger partial charge on any atom is -0.397 e. The molecule has 0 saturated heterocycles. The Morgan fingerprint density at radius 1 is 0.903 bits per heavy atom. The molecule has 4 N–H and O–H groups in total. The van der Waals surface area contributed by atoms with Gasteiger partial charge in [-0.25, -0.2) is 0 Å². The van der Waals surface area contributed by atoms with Crippen molar-refractivity contribution in [3.8, 4) is 0 Å². The van der Waals surface area contributed by atoms with Gasteiger partial charge in [0.15, 0.2) is 0 Å². The second kappa shape index (κ2) is 9.26. The summed E-state index contributed by atoms with van der Waals surface area (Å²) in [5, 5.41) is 2.83. The minimum absolute atomic E-state index is 0.239. The van der Waals surface area contributed by atoms with Crippen LogP contribution in [0.4, 0.5) is 11.4 Å². The van der Waals surface area contributed by atoms with E-state index in [0.717, 1.165) is 6.42 Å². The molecule has 0 bridgehead atoms. The molecule has 0 spiro atoms. The first-order chi connectivity index (χ1) is 15.1. The molecule has 158 valence electrons. The summed E-state index contributed by atoms with van der Waals surface area (Å²) in [6, 6.07) is 20.7. The van der Waals surface area contributed by atoms with E-state index >= 15 is 0 Å². The third-order valence-corrected chi connectivity index (χ3v) is 6.56. The van der Waals surface area contributed by atoms with Crippen molar-refractivity contribution in [3.63, 3.8) is 0 Å². The van der Waals surface area contributed by atoms with Gasteiger partial charge in [-0.15, -0.1) is 0 Å². The van der Waals surface area contributed by atoms with Crippen molar-refractivity contribution in [2.45, 2.75) is 38.5 Å². The van der Waals surface area contributed by atoms with E-state index < -0.39 is 0 Å². The number of allylic oxidation sites excluding steroid dienone is 5. The average Bonchev–Trinajstić information content (AvgIpc) is 2.81. The molecule has 3 aromatic rings. The van der Waals surface area contributed by atoms with Crippen LogP contribution in [0.1, 0.15) is 49.7 Å². The van der Waals surface area contributed by atoms with E-state index in [1.54, 1.807) is 12.1 Å². The van der Waals surface area contributed by atoms with Crippen molar-refractivity contribution >= 4 is 28.2 Å². The lowest BCUT2D eigenvalue weighted by atomic mass is 9.63. The topological polar surface area (TPSA) is 52.0 Å². The largest absolute Gasteiger partial charge is 0.397 e. The summed E-state index contributed by atoms with van der Waals surface area (Å²) < 4.78 is 0. The van der Waals surface area contributed by atoms with E-state index in [4.69, 9.17) is 11.5 Å². The number of nitrogens with two attached hydrogens (primary N) is 2. The van der Waals surface area contributed by atoms with Crippen LogP contribution in [0.15, 0.2) is 91.0 Å². The van der Waals surface area contributed by atoms with Crippen molar-refractivity contribution < 1.29 is 0 Å². The number of anilines is 2. The highest BCUT2D eigenvalue weighted by Gasteiger charge is 2.37. The lowest BCUT2D eigenvalue weighted by Gasteiger charge is -2.40. The number of unbranched alkanes of at least 4 members (excludes halogenated alkanes) is 1. The molecule has 0 radical (unpaired) electrons. The fraction of sp³-hybridized carbons (Fsp3) is 0.241. The normalized spacial score (nSPS) is 21.0. The highest BCUT2D eigenvalue weighted by atomic mass is 14.7. The third-order valence-electron chi connectivity index (χ3n) is 6.56. The van der Waals surface area contributed by atoms with Crippen LogP contribution in [0.3, 0.4) is 0 Å². The molecule has 2 atom stereocenters. The summed E-state index contributed by atoms with van der Waals surface area (Å²) in [6.07, 6.45) is 19.1. The summed E-state index contributed by atoms with van der Waals surface area (Å²) >= 11 is 0. The summed E-state index contributed by atoms with van der Waals surface area (Å²) in [5.74, 6) is 0.480. The minimum atomic E-state index is 0.239.